The van der Waals surface area contributed by atoms with Crippen LogP contribution in [0, 0.1) is 19.7 Å². The molecule has 45 heavy (non-hydrogen) atoms. The summed E-state index contributed by atoms with van der Waals surface area (Å²) in [7, 11) is 1.42. The van der Waals surface area contributed by atoms with E-state index >= 15 is 0 Å². The highest BCUT2D eigenvalue weighted by atomic mass is 32.3. The molecule has 8 nitrogen and oxygen atoms in total. The minimum atomic E-state index is -3.20. The van der Waals surface area contributed by atoms with Gasteiger partial charge in [-0.25, -0.2) is 4.39 Å². The molecule has 1 unspecified atom stereocenters. The minimum Gasteiger partial charge on any atom is -0.496 e. The lowest BCUT2D eigenvalue weighted by molar-refractivity contribution is -0.121. The number of ether oxygens (including phenoxy) is 2. The topological polar surface area (TPSA) is 86.3 Å². The van der Waals surface area contributed by atoms with Crippen LogP contribution >= 0.6 is 0 Å². The molecule has 0 saturated carbocycles. The van der Waals surface area contributed by atoms with Crippen LogP contribution in [0.25, 0.3) is 11.1 Å². The van der Waals surface area contributed by atoms with E-state index in [1.807, 2.05) is 64.1 Å². The fourth-order valence-electron chi connectivity index (χ4n) is 5.41. The lowest BCUT2D eigenvalue weighted by Crippen LogP contribution is -2.52. The van der Waals surface area contributed by atoms with Gasteiger partial charge in [-0.3, -0.25) is 8.98 Å². The summed E-state index contributed by atoms with van der Waals surface area (Å²) in [5.74, 6) is 0.694. The Bertz CT molecular complexity index is 1790. The number of anilines is 2. The quantitative estimate of drug-likeness (QED) is 0.182. The van der Waals surface area contributed by atoms with Crippen molar-refractivity contribution in [1.29, 1.82) is 0 Å². The summed E-state index contributed by atoms with van der Waals surface area (Å²) < 4.78 is 50.9. The van der Waals surface area contributed by atoms with E-state index in [4.69, 9.17) is 17.8 Å². The van der Waals surface area contributed by atoms with E-state index in [2.05, 4.69) is 5.32 Å². The van der Waals surface area contributed by atoms with Crippen LogP contribution in [0.15, 0.2) is 72.8 Å². The number of amides is 1. The van der Waals surface area contributed by atoms with E-state index < -0.39 is 21.9 Å². The average molecular weight is 634 g/mol. The number of likely N-dealkylation sites (N-methyl/N-ethyl adjacent to an activating group) is 1. The Kier molecular flexibility index (Phi) is 8.91. The SMILES string of the molecule is COc1cc(O[S+](=O)(Cc2ccc(C)cc2)OC)ccc1-c1ccc2c(c1COc1cc(F)ccc1C)N(C)C(=O)C(C)(C)N2. The molecule has 0 radical (unpaired) electrons. The van der Waals surface area contributed by atoms with Crippen LogP contribution in [0.5, 0.6) is 17.2 Å². The van der Waals surface area contributed by atoms with Crippen LogP contribution in [-0.2, 0) is 36.0 Å². The molecule has 0 bridgehead atoms. The second-order valence-electron chi connectivity index (χ2n) is 11.6. The highest BCUT2D eigenvalue weighted by Gasteiger charge is 2.39. The Hall–Kier alpha value is -4.41. The summed E-state index contributed by atoms with van der Waals surface area (Å²) in [6.45, 7) is 7.52. The number of carbonyl (C=O) groups is 1. The van der Waals surface area contributed by atoms with Crippen LogP contribution in [0.4, 0.5) is 15.8 Å². The van der Waals surface area contributed by atoms with Crippen molar-refractivity contribution >= 4 is 27.8 Å². The smallest absolute Gasteiger partial charge is 0.400 e. The number of methoxy groups -OCH3 is 1. The van der Waals surface area contributed by atoms with E-state index in [9.17, 15) is 13.4 Å². The van der Waals surface area contributed by atoms with Crippen molar-refractivity contribution in [3.05, 3.63) is 101 Å². The zero-order valence-corrected chi connectivity index (χ0v) is 27.3. The number of halogens is 1. The molecule has 0 saturated heterocycles. The molecule has 5 rings (SSSR count). The molecule has 4 aromatic carbocycles. The molecule has 0 aromatic heterocycles. The lowest BCUT2D eigenvalue weighted by atomic mass is 9.91. The van der Waals surface area contributed by atoms with Crippen molar-refractivity contribution < 1.29 is 31.2 Å². The highest BCUT2D eigenvalue weighted by molar-refractivity contribution is 7.93. The third-order valence-corrected chi connectivity index (χ3v) is 9.47. The zero-order chi connectivity index (χ0) is 32.5. The van der Waals surface area contributed by atoms with Gasteiger partial charge in [0.15, 0.2) is 5.75 Å². The summed E-state index contributed by atoms with van der Waals surface area (Å²) in [6, 6.07) is 21.0. The number of carbonyl (C=O) groups excluding carboxylic acids is 1. The van der Waals surface area contributed by atoms with Gasteiger partial charge in [0.1, 0.15) is 29.5 Å². The van der Waals surface area contributed by atoms with Gasteiger partial charge < -0.3 is 19.7 Å². The lowest BCUT2D eigenvalue weighted by Gasteiger charge is -2.39. The number of rotatable bonds is 10. The number of fused-ring (bicyclic) bond motifs is 1. The van der Waals surface area contributed by atoms with E-state index in [1.165, 1.54) is 26.4 Å². The maximum atomic E-state index is 14.1. The van der Waals surface area contributed by atoms with E-state index in [-0.39, 0.29) is 18.3 Å². The molecule has 10 heteroatoms. The number of nitrogens with one attached hydrogen (secondary N) is 1. The Balaban J connectivity index is 1.55. The van der Waals surface area contributed by atoms with Gasteiger partial charge in [0.25, 0.3) is 5.91 Å². The van der Waals surface area contributed by atoms with Gasteiger partial charge in [0, 0.05) is 35.9 Å². The number of hydrogen-bond acceptors (Lipinski definition) is 7. The fraction of sp³-hybridized carbons (Fsp3) is 0.286. The van der Waals surface area contributed by atoms with Crippen LogP contribution < -0.4 is 23.9 Å². The van der Waals surface area contributed by atoms with E-state index in [0.29, 0.717) is 34.1 Å². The molecular weight excluding hydrogens is 595 g/mol. The van der Waals surface area contributed by atoms with Gasteiger partial charge >= 0.3 is 10.5 Å². The van der Waals surface area contributed by atoms with Gasteiger partial charge in [-0.1, -0.05) is 42.0 Å². The summed E-state index contributed by atoms with van der Waals surface area (Å²) in [5, 5.41) is 3.34. The number of nitrogens with zero attached hydrogens (tertiary/aromatic N) is 1. The third-order valence-electron chi connectivity index (χ3n) is 7.83. The molecule has 1 heterocycles. The predicted molar refractivity (Wildman–Crippen MR) is 176 cm³/mol. The molecule has 0 aliphatic carbocycles. The summed E-state index contributed by atoms with van der Waals surface area (Å²) in [5.41, 5.74) is 5.40. The van der Waals surface area contributed by atoms with Crippen molar-refractivity contribution in [2.24, 2.45) is 0 Å². The molecule has 236 valence electrons. The first kappa shape index (κ1) is 32.0. The molecular formula is C35H38FN2O6S+. The van der Waals surface area contributed by atoms with Crippen molar-refractivity contribution in [2.75, 3.05) is 31.5 Å². The minimum absolute atomic E-state index is 0.0397. The van der Waals surface area contributed by atoms with Crippen LogP contribution in [0.1, 0.15) is 36.1 Å². The van der Waals surface area contributed by atoms with Crippen molar-refractivity contribution in [3.63, 3.8) is 0 Å². The number of benzene rings is 4. The predicted octanol–water partition coefficient (Wildman–Crippen LogP) is 7.42. The molecule has 0 fully saturated rings. The molecule has 1 aliphatic heterocycles. The summed E-state index contributed by atoms with van der Waals surface area (Å²) in [6.07, 6.45) is 0. The molecule has 4 aromatic rings. The van der Waals surface area contributed by atoms with Gasteiger partial charge in [-0.05, 0) is 67.3 Å². The normalized spacial score (nSPS) is 15.1. The van der Waals surface area contributed by atoms with Crippen molar-refractivity contribution in [3.8, 4) is 28.4 Å². The Morgan fingerprint density at radius 1 is 0.911 bits per heavy atom. The standard InChI is InChI=1S/C35H38FN2O6S/c1-22-8-11-24(12-9-22)21-45(40,42-7)44-26-14-15-28(32(19-26)41-6)27-16-17-30-33(38(5)34(39)35(3,4)37-30)29(27)20-43-31-18-25(36)13-10-23(31)2/h8-19,37H,20-21H2,1-7H3/q+1. The van der Waals surface area contributed by atoms with Gasteiger partial charge in [0.2, 0.25) is 5.75 Å². The Morgan fingerprint density at radius 2 is 1.62 bits per heavy atom. The van der Waals surface area contributed by atoms with E-state index in [1.54, 1.807) is 36.2 Å². The van der Waals surface area contributed by atoms with E-state index in [0.717, 1.165) is 27.9 Å². The molecule has 1 N–H and O–H groups in total. The second-order valence-corrected chi connectivity index (χ2v) is 13.5. The first-order chi connectivity index (χ1) is 21.3. The molecule has 1 atom stereocenters. The average Bonchev–Trinajstić information content (AvgIpc) is 3.01. The van der Waals surface area contributed by atoms with Gasteiger partial charge in [-0.15, -0.1) is 4.18 Å². The largest absolute Gasteiger partial charge is 0.496 e. The van der Waals surface area contributed by atoms with Crippen LogP contribution in [0.2, 0.25) is 0 Å². The highest BCUT2D eigenvalue weighted by Crippen LogP contribution is 2.45. The monoisotopic (exact) mass is 633 g/mol. The Morgan fingerprint density at radius 3 is 2.31 bits per heavy atom. The maximum Gasteiger partial charge on any atom is 0.400 e. The Labute approximate surface area is 264 Å². The summed E-state index contributed by atoms with van der Waals surface area (Å²) in [4.78, 5) is 15.0. The molecule has 1 amide bonds. The third kappa shape index (κ3) is 6.67. The number of aryl methyl sites for hydroxylation is 2. The van der Waals surface area contributed by atoms with Gasteiger partial charge in [0.05, 0.1) is 25.6 Å². The van der Waals surface area contributed by atoms with Gasteiger partial charge in [-0.2, -0.15) is 0 Å². The summed E-state index contributed by atoms with van der Waals surface area (Å²) >= 11 is 0. The van der Waals surface area contributed by atoms with Crippen LogP contribution in [0.3, 0.4) is 0 Å². The zero-order valence-electron chi connectivity index (χ0n) is 26.5. The molecule has 1 aliphatic rings. The maximum absolute atomic E-state index is 14.1. The number of hydrogen-bond donors (Lipinski definition) is 1. The van der Waals surface area contributed by atoms with Crippen LogP contribution in [-0.4, -0.2) is 32.7 Å². The molecule has 0 spiro atoms. The second kappa shape index (κ2) is 12.5. The van der Waals surface area contributed by atoms with Crippen molar-refractivity contribution in [1.82, 2.24) is 0 Å². The first-order valence-electron chi connectivity index (χ1n) is 14.5. The van der Waals surface area contributed by atoms with Crippen molar-refractivity contribution in [2.45, 2.75) is 45.6 Å². The first-order valence-corrected chi connectivity index (χ1v) is 16.0. The fourth-order valence-corrected chi connectivity index (χ4v) is 6.65.